The van der Waals surface area contributed by atoms with E-state index in [0.717, 1.165) is 16.5 Å². The van der Waals surface area contributed by atoms with E-state index in [1.807, 2.05) is 43.5 Å². The number of rotatable bonds is 5. The fourth-order valence-corrected chi connectivity index (χ4v) is 3.04. The summed E-state index contributed by atoms with van der Waals surface area (Å²) in [5, 5.41) is 5.58. The summed E-state index contributed by atoms with van der Waals surface area (Å²) in [7, 11) is 0. The zero-order valence-electron chi connectivity index (χ0n) is 14.6. The van der Waals surface area contributed by atoms with Crippen molar-refractivity contribution in [2.75, 3.05) is 0 Å². The molecule has 0 atom stereocenters. The van der Waals surface area contributed by atoms with Crippen molar-refractivity contribution in [2.24, 2.45) is 0 Å². The van der Waals surface area contributed by atoms with Crippen LogP contribution in [0.4, 0.5) is 0 Å². The first-order valence-corrected chi connectivity index (χ1v) is 8.76. The molecule has 3 heterocycles. The van der Waals surface area contributed by atoms with E-state index in [1.165, 1.54) is 0 Å². The second-order valence-electron chi connectivity index (χ2n) is 6.06. The zero-order valence-corrected chi connectivity index (χ0v) is 15.3. The molecular weight excluding hydrogens is 366 g/mol. The van der Waals surface area contributed by atoms with Crippen LogP contribution in [-0.2, 0) is 17.9 Å². The van der Waals surface area contributed by atoms with Crippen LogP contribution in [0.25, 0.3) is 10.9 Å². The molecule has 4 rings (SSSR count). The van der Waals surface area contributed by atoms with Crippen LogP contribution in [0, 0.1) is 6.92 Å². The molecule has 4 aromatic rings. The third-order valence-corrected chi connectivity index (χ3v) is 4.73. The Hall–Kier alpha value is -3.12. The minimum absolute atomic E-state index is 0.0292. The van der Waals surface area contributed by atoms with Crippen LogP contribution in [0.3, 0.4) is 0 Å². The summed E-state index contributed by atoms with van der Waals surface area (Å²) < 4.78 is 12.6. The quantitative estimate of drug-likeness (QED) is 0.479. The van der Waals surface area contributed by atoms with E-state index in [-0.39, 0.29) is 12.4 Å². The number of ether oxygens (including phenoxy) is 1. The highest BCUT2D eigenvalue weighted by atomic mass is 35.5. The Kier molecular flexibility index (Phi) is 4.64. The van der Waals surface area contributed by atoms with Gasteiger partial charge in [-0.25, -0.2) is 9.78 Å². The summed E-state index contributed by atoms with van der Waals surface area (Å²) in [4.78, 5) is 16.8. The largest absolute Gasteiger partial charge is 0.453 e. The number of esters is 1. The minimum Gasteiger partial charge on any atom is -0.453 e. The Labute approximate surface area is 160 Å². The van der Waals surface area contributed by atoms with E-state index in [0.29, 0.717) is 23.0 Å². The number of fused-ring (bicyclic) bond motifs is 1. The number of halogens is 1. The van der Waals surface area contributed by atoms with E-state index in [4.69, 9.17) is 20.8 Å². The summed E-state index contributed by atoms with van der Waals surface area (Å²) in [6.45, 7) is 2.34. The van der Waals surface area contributed by atoms with Crippen molar-refractivity contribution in [1.82, 2.24) is 14.8 Å². The van der Waals surface area contributed by atoms with E-state index >= 15 is 0 Å². The normalized spacial score (nSPS) is 11.0. The Bertz CT molecular complexity index is 1100. The maximum Gasteiger partial charge on any atom is 0.374 e. The number of nitrogens with zero attached hydrogens (tertiary/aromatic N) is 3. The molecular formula is C20H16ClN3O3. The highest BCUT2D eigenvalue weighted by Crippen LogP contribution is 2.27. The molecule has 0 saturated carbocycles. The molecule has 0 fully saturated rings. The van der Waals surface area contributed by atoms with Crippen LogP contribution in [0.1, 0.15) is 27.6 Å². The molecule has 3 aromatic heterocycles. The molecule has 0 N–H and O–H groups in total. The lowest BCUT2D eigenvalue weighted by Gasteiger charge is -2.10. The molecule has 0 radical (unpaired) electrons. The summed E-state index contributed by atoms with van der Waals surface area (Å²) >= 11 is 6.40. The first-order valence-electron chi connectivity index (χ1n) is 8.39. The maximum atomic E-state index is 12.3. The van der Waals surface area contributed by atoms with Crippen molar-refractivity contribution in [3.63, 3.8) is 0 Å². The number of hydrogen-bond acceptors (Lipinski definition) is 5. The first-order chi connectivity index (χ1) is 13.1. The second kappa shape index (κ2) is 7.25. The molecule has 0 aliphatic heterocycles. The van der Waals surface area contributed by atoms with Crippen LogP contribution < -0.4 is 0 Å². The number of furan rings is 1. The molecule has 0 aliphatic rings. The van der Waals surface area contributed by atoms with Crippen LogP contribution in [-0.4, -0.2) is 20.7 Å². The number of benzene rings is 1. The van der Waals surface area contributed by atoms with Crippen LogP contribution in [0.15, 0.2) is 59.3 Å². The molecule has 0 saturated heterocycles. The van der Waals surface area contributed by atoms with E-state index in [1.54, 1.807) is 23.0 Å². The van der Waals surface area contributed by atoms with Gasteiger partial charge in [0.2, 0.25) is 5.76 Å². The fourth-order valence-electron chi connectivity index (χ4n) is 2.84. The molecule has 27 heavy (non-hydrogen) atoms. The van der Waals surface area contributed by atoms with E-state index in [9.17, 15) is 4.79 Å². The number of carbonyl (C=O) groups excluding carboxylic acids is 1. The van der Waals surface area contributed by atoms with Gasteiger partial charge in [0.05, 0.1) is 22.8 Å². The molecule has 6 nitrogen and oxygen atoms in total. The van der Waals surface area contributed by atoms with Gasteiger partial charge >= 0.3 is 5.97 Å². The molecule has 7 heteroatoms. The topological polar surface area (TPSA) is 70.2 Å². The van der Waals surface area contributed by atoms with Crippen molar-refractivity contribution in [1.29, 1.82) is 0 Å². The summed E-state index contributed by atoms with van der Waals surface area (Å²) in [5.41, 5.74) is 2.24. The van der Waals surface area contributed by atoms with Crippen molar-refractivity contribution in [2.45, 2.75) is 20.1 Å². The molecule has 0 aliphatic carbocycles. The number of aromatic nitrogens is 3. The second-order valence-corrected chi connectivity index (χ2v) is 6.44. The van der Waals surface area contributed by atoms with Gasteiger partial charge in [-0.15, -0.1) is 0 Å². The van der Waals surface area contributed by atoms with Gasteiger partial charge in [-0.05, 0) is 36.8 Å². The zero-order chi connectivity index (χ0) is 18.8. The minimum atomic E-state index is -0.564. The lowest BCUT2D eigenvalue weighted by atomic mass is 10.1. The highest BCUT2D eigenvalue weighted by molar-refractivity contribution is 6.32. The van der Waals surface area contributed by atoms with Crippen molar-refractivity contribution < 1.29 is 13.9 Å². The number of pyridine rings is 1. The highest BCUT2D eigenvalue weighted by Gasteiger charge is 2.16. The van der Waals surface area contributed by atoms with Gasteiger partial charge in [-0.3, -0.25) is 4.68 Å². The van der Waals surface area contributed by atoms with Crippen molar-refractivity contribution >= 4 is 28.5 Å². The third kappa shape index (κ3) is 3.57. The standard InChI is InChI=1S/C20H16ClN3O3/c1-13-15-5-2-3-6-16(15)23-17(19(13)21)12-26-20(25)18-8-7-14(27-18)11-24-10-4-9-22-24/h2-10H,11-12H2,1H3. The van der Waals surface area contributed by atoms with Gasteiger partial charge < -0.3 is 9.15 Å². The Balaban J connectivity index is 1.47. The average molecular weight is 382 g/mol. The van der Waals surface area contributed by atoms with Crippen molar-refractivity contribution in [3.05, 3.63) is 82.7 Å². The predicted molar refractivity (Wildman–Crippen MR) is 101 cm³/mol. The Morgan fingerprint density at radius 2 is 2.07 bits per heavy atom. The van der Waals surface area contributed by atoms with Crippen LogP contribution in [0.5, 0.6) is 0 Å². The van der Waals surface area contributed by atoms with Gasteiger partial charge in [-0.1, -0.05) is 29.8 Å². The fraction of sp³-hybridized carbons (Fsp3) is 0.150. The Morgan fingerprint density at radius 1 is 1.22 bits per heavy atom. The van der Waals surface area contributed by atoms with Crippen LogP contribution >= 0.6 is 11.6 Å². The third-order valence-electron chi connectivity index (χ3n) is 4.23. The molecule has 0 bridgehead atoms. The Morgan fingerprint density at radius 3 is 2.89 bits per heavy atom. The molecule has 0 spiro atoms. The lowest BCUT2D eigenvalue weighted by Crippen LogP contribution is -2.06. The lowest BCUT2D eigenvalue weighted by molar-refractivity contribution is 0.0429. The van der Waals surface area contributed by atoms with Crippen molar-refractivity contribution in [3.8, 4) is 0 Å². The summed E-state index contributed by atoms with van der Waals surface area (Å²) in [6.07, 6.45) is 3.50. The maximum absolute atomic E-state index is 12.3. The first kappa shape index (κ1) is 17.3. The van der Waals surface area contributed by atoms with E-state index in [2.05, 4.69) is 10.1 Å². The number of para-hydroxylation sites is 1. The van der Waals surface area contributed by atoms with E-state index < -0.39 is 5.97 Å². The number of aryl methyl sites for hydroxylation is 1. The molecule has 136 valence electrons. The van der Waals surface area contributed by atoms with Gasteiger partial charge in [0.15, 0.2) is 0 Å². The predicted octanol–water partition coefficient (Wildman–Crippen LogP) is 4.39. The average Bonchev–Trinajstić information content (AvgIpc) is 3.36. The summed E-state index contributed by atoms with van der Waals surface area (Å²) in [5.74, 6) is 0.180. The molecule has 1 aromatic carbocycles. The van der Waals surface area contributed by atoms with Gasteiger partial charge in [0, 0.05) is 17.8 Å². The smallest absolute Gasteiger partial charge is 0.374 e. The van der Waals surface area contributed by atoms with Gasteiger partial charge in [0.1, 0.15) is 12.4 Å². The van der Waals surface area contributed by atoms with Crippen LogP contribution in [0.2, 0.25) is 5.02 Å². The van der Waals surface area contributed by atoms with Gasteiger partial charge in [0.25, 0.3) is 0 Å². The summed E-state index contributed by atoms with van der Waals surface area (Å²) in [6, 6.07) is 12.8. The molecule has 0 amide bonds. The van der Waals surface area contributed by atoms with Gasteiger partial charge in [-0.2, -0.15) is 5.10 Å². The SMILES string of the molecule is Cc1c(Cl)c(COC(=O)c2ccc(Cn3cccn3)o2)nc2ccccc12. The number of hydrogen-bond donors (Lipinski definition) is 0. The molecule has 0 unspecified atom stereocenters. The number of carbonyl (C=O) groups is 1. The monoisotopic (exact) mass is 381 g/mol.